The molecule has 2 aromatic rings. The number of hydrogen-bond donors (Lipinski definition) is 0. The summed E-state index contributed by atoms with van der Waals surface area (Å²) in [6, 6.07) is 6.47. The number of piperidine rings is 1. The van der Waals surface area contributed by atoms with E-state index in [1.54, 1.807) is 18.1 Å². The summed E-state index contributed by atoms with van der Waals surface area (Å²) in [5.41, 5.74) is 1.45. The Morgan fingerprint density at radius 2 is 1.86 bits per heavy atom. The monoisotopic (exact) mass is 315 g/mol. The summed E-state index contributed by atoms with van der Waals surface area (Å²) >= 11 is 1.77. The minimum Gasteiger partial charge on any atom is -0.356 e. The van der Waals surface area contributed by atoms with Gasteiger partial charge in [0.05, 0.1) is 5.52 Å². The highest BCUT2D eigenvalue weighted by atomic mass is 32.2. The van der Waals surface area contributed by atoms with E-state index in [0.717, 1.165) is 30.3 Å². The molecule has 118 valence electrons. The molecule has 0 atom stereocenters. The van der Waals surface area contributed by atoms with Crippen LogP contribution in [-0.4, -0.2) is 29.3 Å². The number of benzene rings is 1. The minimum atomic E-state index is 0.409. The Labute approximate surface area is 137 Å². The fourth-order valence-electron chi connectivity index (χ4n) is 3.36. The van der Waals surface area contributed by atoms with Gasteiger partial charge in [0.1, 0.15) is 12.1 Å². The van der Waals surface area contributed by atoms with Crippen molar-refractivity contribution in [2.45, 2.75) is 38.5 Å². The molecule has 1 aliphatic heterocycles. The molecule has 1 aliphatic rings. The SMILES string of the molecule is CSc1ccc2ncnc(N3CCC(C(C)(C)C)CC3)c2c1. The molecule has 0 radical (unpaired) electrons. The van der Waals surface area contributed by atoms with Gasteiger partial charge in [-0.25, -0.2) is 9.97 Å². The highest BCUT2D eigenvalue weighted by Crippen LogP contribution is 2.36. The van der Waals surface area contributed by atoms with Crippen molar-refractivity contribution in [3.8, 4) is 0 Å². The number of aromatic nitrogens is 2. The lowest BCUT2D eigenvalue weighted by Crippen LogP contribution is -2.38. The molecule has 1 aromatic heterocycles. The third-order valence-corrected chi connectivity index (χ3v) is 5.57. The Balaban J connectivity index is 1.88. The topological polar surface area (TPSA) is 29.0 Å². The number of hydrogen-bond acceptors (Lipinski definition) is 4. The predicted molar refractivity (Wildman–Crippen MR) is 95.7 cm³/mol. The number of nitrogens with zero attached hydrogens (tertiary/aromatic N) is 3. The van der Waals surface area contributed by atoms with Crippen molar-refractivity contribution in [3.05, 3.63) is 24.5 Å². The van der Waals surface area contributed by atoms with Crippen molar-refractivity contribution in [2.24, 2.45) is 11.3 Å². The first-order chi connectivity index (χ1) is 10.5. The van der Waals surface area contributed by atoms with Crippen molar-refractivity contribution in [2.75, 3.05) is 24.2 Å². The lowest BCUT2D eigenvalue weighted by Gasteiger charge is -2.39. The molecule has 4 heteroatoms. The van der Waals surface area contributed by atoms with Crippen LogP contribution in [-0.2, 0) is 0 Å². The molecule has 1 aromatic carbocycles. The van der Waals surface area contributed by atoms with E-state index >= 15 is 0 Å². The van der Waals surface area contributed by atoms with E-state index in [2.05, 4.69) is 60.1 Å². The number of fused-ring (bicyclic) bond motifs is 1. The largest absolute Gasteiger partial charge is 0.356 e. The molecular weight excluding hydrogens is 290 g/mol. The van der Waals surface area contributed by atoms with Gasteiger partial charge >= 0.3 is 0 Å². The van der Waals surface area contributed by atoms with Gasteiger partial charge in [0.2, 0.25) is 0 Å². The van der Waals surface area contributed by atoms with Gasteiger partial charge in [-0.05, 0) is 48.6 Å². The average molecular weight is 315 g/mol. The number of anilines is 1. The van der Waals surface area contributed by atoms with Gasteiger partial charge in [-0.3, -0.25) is 0 Å². The maximum atomic E-state index is 4.60. The standard InChI is InChI=1S/C18H25N3S/c1-18(2,3)13-7-9-21(10-8-13)17-15-11-14(22-4)5-6-16(15)19-12-20-17/h5-6,11-13H,7-10H2,1-4H3. The Bertz CT molecular complexity index is 655. The van der Waals surface area contributed by atoms with Crippen molar-refractivity contribution >= 4 is 28.5 Å². The predicted octanol–water partition coefficient (Wildman–Crippen LogP) is 4.61. The molecule has 3 nitrogen and oxygen atoms in total. The highest BCUT2D eigenvalue weighted by Gasteiger charge is 2.29. The van der Waals surface area contributed by atoms with Crippen LogP contribution in [0.2, 0.25) is 0 Å². The number of rotatable bonds is 2. The zero-order valence-corrected chi connectivity index (χ0v) is 14.8. The van der Waals surface area contributed by atoms with E-state index in [1.165, 1.54) is 23.1 Å². The molecule has 3 rings (SSSR count). The van der Waals surface area contributed by atoms with Gasteiger partial charge in [-0.15, -0.1) is 11.8 Å². The highest BCUT2D eigenvalue weighted by molar-refractivity contribution is 7.98. The first-order valence-corrected chi connectivity index (χ1v) is 9.25. The van der Waals surface area contributed by atoms with Crippen LogP contribution in [0.4, 0.5) is 5.82 Å². The second-order valence-corrected chi connectivity index (χ2v) is 8.09. The summed E-state index contributed by atoms with van der Waals surface area (Å²) in [7, 11) is 0. The first-order valence-electron chi connectivity index (χ1n) is 8.03. The molecule has 0 spiro atoms. The molecular formula is C18H25N3S. The molecule has 0 bridgehead atoms. The minimum absolute atomic E-state index is 0.409. The normalized spacial score (nSPS) is 17.2. The van der Waals surface area contributed by atoms with E-state index in [-0.39, 0.29) is 0 Å². The van der Waals surface area contributed by atoms with E-state index < -0.39 is 0 Å². The Kier molecular flexibility index (Phi) is 4.31. The molecule has 0 aliphatic carbocycles. The zero-order valence-electron chi connectivity index (χ0n) is 14.0. The lowest BCUT2D eigenvalue weighted by molar-refractivity contribution is 0.199. The van der Waals surface area contributed by atoms with Gasteiger partial charge in [-0.1, -0.05) is 20.8 Å². The summed E-state index contributed by atoms with van der Waals surface area (Å²) in [5.74, 6) is 1.91. The Morgan fingerprint density at radius 3 is 2.50 bits per heavy atom. The summed E-state index contributed by atoms with van der Waals surface area (Å²) in [5, 5.41) is 1.18. The molecule has 1 saturated heterocycles. The van der Waals surface area contributed by atoms with Gasteiger partial charge in [0, 0.05) is 23.4 Å². The fourth-order valence-corrected chi connectivity index (χ4v) is 3.80. The molecule has 0 amide bonds. The maximum absolute atomic E-state index is 4.60. The molecule has 0 N–H and O–H groups in total. The quantitative estimate of drug-likeness (QED) is 0.757. The van der Waals surface area contributed by atoms with Crippen LogP contribution in [0, 0.1) is 11.3 Å². The van der Waals surface area contributed by atoms with Crippen LogP contribution in [0.5, 0.6) is 0 Å². The third kappa shape index (κ3) is 3.07. The van der Waals surface area contributed by atoms with Crippen LogP contribution in [0.3, 0.4) is 0 Å². The van der Waals surface area contributed by atoms with Crippen LogP contribution >= 0.6 is 11.8 Å². The molecule has 0 saturated carbocycles. The van der Waals surface area contributed by atoms with Crippen LogP contribution in [0.25, 0.3) is 10.9 Å². The third-order valence-electron chi connectivity index (χ3n) is 4.84. The van der Waals surface area contributed by atoms with Crippen LogP contribution < -0.4 is 4.90 Å². The van der Waals surface area contributed by atoms with Crippen molar-refractivity contribution in [1.82, 2.24) is 9.97 Å². The van der Waals surface area contributed by atoms with E-state index in [0.29, 0.717) is 5.41 Å². The smallest absolute Gasteiger partial charge is 0.139 e. The second-order valence-electron chi connectivity index (χ2n) is 7.21. The molecule has 0 unspecified atom stereocenters. The zero-order chi connectivity index (χ0) is 15.7. The second kappa shape index (κ2) is 6.07. The van der Waals surface area contributed by atoms with E-state index in [9.17, 15) is 0 Å². The first kappa shape index (κ1) is 15.6. The average Bonchev–Trinajstić information content (AvgIpc) is 2.53. The summed E-state index contributed by atoms with van der Waals surface area (Å²) in [4.78, 5) is 12.7. The van der Waals surface area contributed by atoms with Gasteiger partial charge < -0.3 is 4.90 Å². The molecule has 2 heterocycles. The van der Waals surface area contributed by atoms with Crippen LogP contribution in [0.15, 0.2) is 29.4 Å². The van der Waals surface area contributed by atoms with Gasteiger partial charge in [0.15, 0.2) is 0 Å². The Hall–Kier alpha value is -1.29. The molecule has 22 heavy (non-hydrogen) atoms. The summed E-state index contributed by atoms with van der Waals surface area (Å²) < 4.78 is 0. The van der Waals surface area contributed by atoms with Crippen molar-refractivity contribution in [3.63, 3.8) is 0 Å². The van der Waals surface area contributed by atoms with E-state index in [1.807, 2.05) is 0 Å². The van der Waals surface area contributed by atoms with Crippen molar-refractivity contribution in [1.29, 1.82) is 0 Å². The lowest BCUT2D eigenvalue weighted by atomic mass is 9.75. The number of thioether (sulfide) groups is 1. The van der Waals surface area contributed by atoms with Crippen LogP contribution in [0.1, 0.15) is 33.6 Å². The van der Waals surface area contributed by atoms with E-state index in [4.69, 9.17) is 0 Å². The Morgan fingerprint density at radius 1 is 1.14 bits per heavy atom. The van der Waals surface area contributed by atoms with Gasteiger partial charge in [0.25, 0.3) is 0 Å². The fraction of sp³-hybridized carbons (Fsp3) is 0.556. The van der Waals surface area contributed by atoms with Gasteiger partial charge in [-0.2, -0.15) is 0 Å². The summed E-state index contributed by atoms with van der Waals surface area (Å²) in [6.07, 6.45) is 6.31. The molecule has 1 fully saturated rings. The maximum Gasteiger partial charge on any atom is 0.139 e. The summed E-state index contributed by atoms with van der Waals surface area (Å²) in [6.45, 7) is 9.27. The van der Waals surface area contributed by atoms with Crippen molar-refractivity contribution < 1.29 is 0 Å².